The molecule has 3 aromatic rings. The van der Waals surface area contributed by atoms with Gasteiger partial charge in [-0.1, -0.05) is 43.6 Å². The second kappa shape index (κ2) is 6.64. The molecule has 1 aliphatic rings. The lowest BCUT2D eigenvalue weighted by atomic mass is 9.92. The molecule has 1 aromatic carbocycles. The summed E-state index contributed by atoms with van der Waals surface area (Å²) in [5, 5.41) is 6.31. The Hall–Kier alpha value is -2.14. The summed E-state index contributed by atoms with van der Waals surface area (Å²) in [4.78, 5) is 11.4. The van der Waals surface area contributed by atoms with Crippen LogP contribution >= 0.6 is 11.6 Å². The van der Waals surface area contributed by atoms with Crippen LogP contribution in [0.3, 0.4) is 0 Å². The molecule has 4 rings (SSSR count). The van der Waals surface area contributed by atoms with E-state index in [0.29, 0.717) is 18.4 Å². The van der Waals surface area contributed by atoms with Crippen LogP contribution in [0.25, 0.3) is 11.0 Å². The summed E-state index contributed by atoms with van der Waals surface area (Å²) in [5.41, 5.74) is 1.89. The molecule has 0 aliphatic carbocycles. The molecule has 130 valence electrons. The van der Waals surface area contributed by atoms with Crippen molar-refractivity contribution in [3.05, 3.63) is 47.4 Å². The lowest BCUT2D eigenvalue weighted by Gasteiger charge is -2.35. The molecule has 0 radical (unpaired) electrons. The number of hydrogen-bond donors (Lipinski definition) is 0. The SMILES string of the molecule is C[C@@H]1C[C@H](C)CN(c2ncnc3c2cnn3Cc2ccccc2Cl)C1. The van der Waals surface area contributed by atoms with Gasteiger partial charge in [0.15, 0.2) is 5.65 Å². The molecule has 0 unspecified atom stereocenters. The Balaban J connectivity index is 1.70. The molecular weight excluding hydrogens is 334 g/mol. The standard InChI is InChI=1S/C19H22ClN5/c1-13-7-14(2)10-24(9-13)18-16-8-23-25(19(16)22-12-21-18)11-15-5-3-4-6-17(15)20/h3-6,8,12-14H,7,9-11H2,1-2H3/t13-,14+. The molecular formula is C19H22ClN5. The second-order valence-corrected chi connectivity index (χ2v) is 7.59. The number of piperidine rings is 1. The second-order valence-electron chi connectivity index (χ2n) is 7.18. The Morgan fingerprint density at radius 1 is 1.12 bits per heavy atom. The number of anilines is 1. The zero-order valence-corrected chi connectivity index (χ0v) is 15.3. The number of nitrogens with zero attached hydrogens (tertiary/aromatic N) is 5. The molecule has 6 heteroatoms. The first-order valence-corrected chi connectivity index (χ1v) is 9.14. The summed E-state index contributed by atoms with van der Waals surface area (Å²) in [7, 11) is 0. The molecule has 0 spiro atoms. The lowest BCUT2D eigenvalue weighted by molar-refractivity contribution is 0.356. The maximum atomic E-state index is 6.30. The van der Waals surface area contributed by atoms with Gasteiger partial charge in [0.1, 0.15) is 12.1 Å². The minimum atomic E-state index is 0.604. The van der Waals surface area contributed by atoms with Gasteiger partial charge in [0.2, 0.25) is 0 Å². The van der Waals surface area contributed by atoms with Crippen LogP contribution in [0.1, 0.15) is 25.8 Å². The van der Waals surface area contributed by atoms with E-state index >= 15 is 0 Å². The summed E-state index contributed by atoms with van der Waals surface area (Å²) in [5.74, 6) is 2.34. The van der Waals surface area contributed by atoms with Crippen LogP contribution in [0.15, 0.2) is 36.8 Å². The van der Waals surface area contributed by atoms with Crippen molar-refractivity contribution in [1.29, 1.82) is 0 Å². The number of aromatic nitrogens is 4. The van der Waals surface area contributed by atoms with Gasteiger partial charge in [0.05, 0.1) is 18.1 Å². The van der Waals surface area contributed by atoms with Gasteiger partial charge in [0, 0.05) is 18.1 Å². The van der Waals surface area contributed by atoms with Crippen LogP contribution in [-0.4, -0.2) is 32.8 Å². The van der Waals surface area contributed by atoms with Crippen molar-refractivity contribution in [3.8, 4) is 0 Å². The van der Waals surface area contributed by atoms with E-state index < -0.39 is 0 Å². The van der Waals surface area contributed by atoms with Crippen molar-refractivity contribution in [3.63, 3.8) is 0 Å². The fraction of sp³-hybridized carbons (Fsp3) is 0.421. The fourth-order valence-corrected chi connectivity index (χ4v) is 4.07. The third-order valence-electron chi connectivity index (χ3n) is 4.86. The highest BCUT2D eigenvalue weighted by molar-refractivity contribution is 6.31. The highest BCUT2D eigenvalue weighted by Gasteiger charge is 2.25. The van der Waals surface area contributed by atoms with E-state index in [1.165, 1.54) is 6.42 Å². The maximum absolute atomic E-state index is 6.30. The third-order valence-corrected chi connectivity index (χ3v) is 5.23. The van der Waals surface area contributed by atoms with Crippen LogP contribution in [0, 0.1) is 11.8 Å². The van der Waals surface area contributed by atoms with Gasteiger partial charge < -0.3 is 4.90 Å². The van der Waals surface area contributed by atoms with Crippen LogP contribution < -0.4 is 4.90 Å². The average Bonchev–Trinajstić information content (AvgIpc) is 2.99. The molecule has 1 fully saturated rings. The Labute approximate surface area is 152 Å². The van der Waals surface area contributed by atoms with Crippen molar-refractivity contribution in [2.45, 2.75) is 26.8 Å². The summed E-state index contributed by atoms with van der Waals surface area (Å²) < 4.78 is 1.90. The zero-order chi connectivity index (χ0) is 17.4. The van der Waals surface area contributed by atoms with Crippen molar-refractivity contribution in [2.75, 3.05) is 18.0 Å². The number of rotatable bonds is 3. The van der Waals surface area contributed by atoms with Crippen molar-refractivity contribution < 1.29 is 0 Å². The Bertz CT molecular complexity index is 880. The highest BCUT2D eigenvalue weighted by atomic mass is 35.5. The summed E-state index contributed by atoms with van der Waals surface area (Å²) >= 11 is 6.30. The van der Waals surface area contributed by atoms with Gasteiger partial charge in [-0.3, -0.25) is 0 Å². The van der Waals surface area contributed by atoms with Crippen molar-refractivity contribution >= 4 is 28.5 Å². The van der Waals surface area contributed by atoms with Gasteiger partial charge in [-0.05, 0) is 29.9 Å². The average molecular weight is 356 g/mol. The predicted molar refractivity (Wildman–Crippen MR) is 101 cm³/mol. The summed E-state index contributed by atoms with van der Waals surface area (Å²) in [6.07, 6.45) is 4.80. The van der Waals surface area contributed by atoms with E-state index in [1.54, 1.807) is 6.33 Å². The van der Waals surface area contributed by atoms with E-state index in [2.05, 4.69) is 33.8 Å². The first-order chi connectivity index (χ1) is 12.1. The number of fused-ring (bicyclic) bond motifs is 1. The quantitative estimate of drug-likeness (QED) is 0.712. The normalized spacial score (nSPS) is 21.0. The van der Waals surface area contributed by atoms with Crippen LogP contribution in [0.2, 0.25) is 5.02 Å². The molecule has 0 amide bonds. The molecule has 1 aliphatic heterocycles. The van der Waals surface area contributed by atoms with E-state index in [9.17, 15) is 0 Å². The van der Waals surface area contributed by atoms with Crippen LogP contribution in [-0.2, 0) is 6.54 Å². The predicted octanol–water partition coefficient (Wildman–Crippen LogP) is 4.01. The van der Waals surface area contributed by atoms with E-state index in [0.717, 1.165) is 40.5 Å². The van der Waals surface area contributed by atoms with E-state index in [1.807, 2.05) is 35.1 Å². The summed E-state index contributed by atoms with van der Waals surface area (Å²) in [6, 6.07) is 7.85. The Morgan fingerprint density at radius 3 is 2.64 bits per heavy atom. The van der Waals surface area contributed by atoms with Gasteiger partial charge in [0.25, 0.3) is 0 Å². The number of hydrogen-bond acceptors (Lipinski definition) is 4. The first kappa shape index (κ1) is 16.3. The highest BCUT2D eigenvalue weighted by Crippen LogP contribution is 2.29. The molecule has 25 heavy (non-hydrogen) atoms. The van der Waals surface area contributed by atoms with E-state index in [-0.39, 0.29) is 0 Å². The topological polar surface area (TPSA) is 46.8 Å². The smallest absolute Gasteiger partial charge is 0.163 e. The molecule has 2 atom stereocenters. The molecule has 2 aromatic heterocycles. The van der Waals surface area contributed by atoms with Gasteiger partial charge in [-0.15, -0.1) is 0 Å². The largest absolute Gasteiger partial charge is 0.355 e. The van der Waals surface area contributed by atoms with Crippen LogP contribution in [0.4, 0.5) is 5.82 Å². The van der Waals surface area contributed by atoms with Crippen molar-refractivity contribution in [1.82, 2.24) is 19.7 Å². The number of benzene rings is 1. The van der Waals surface area contributed by atoms with Gasteiger partial charge in [-0.25, -0.2) is 14.6 Å². The summed E-state index contributed by atoms with van der Waals surface area (Å²) in [6.45, 7) is 7.29. The fourth-order valence-electron chi connectivity index (χ4n) is 3.87. The zero-order valence-electron chi connectivity index (χ0n) is 14.6. The first-order valence-electron chi connectivity index (χ1n) is 8.76. The minimum absolute atomic E-state index is 0.604. The lowest BCUT2D eigenvalue weighted by Crippen LogP contribution is -2.39. The maximum Gasteiger partial charge on any atom is 0.163 e. The molecule has 5 nitrogen and oxygen atoms in total. The Morgan fingerprint density at radius 2 is 1.88 bits per heavy atom. The molecule has 0 bridgehead atoms. The minimum Gasteiger partial charge on any atom is -0.355 e. The van der Waals surface area contributed by atoms with Gasteiger partial charge >= 0.3 is 0 Å². The van der Waals surface area contributed by atoms with Crippen LogP contribution in [0.5, 0.6) is 0 Å². The monoisotopic (exact) mass is 355 g/mol. The Kier molecular flexibility index (Phi) is 4.34. The van der Waals surface area contributed by atoms with Crippen molar-refractivity contribution in [2.24, 2.45) is 11.8 Å². The van der Waals surface area contributed by atoms with Gasteiger partial charge in [-0.2, -0.15) is 5.10 Å². The molecule has 0 N–H and O–H groups in total. The number of halogens is 1. The third kappa shape index (κ3) is 3.21. The molecule has 1 saturated heterocycles. The molecule has 0 saturated carbocycles. The molecule has 3 heterocycles. The van der Waals surface area contributed by atoms with E-state index in [4.69, 9.17) is 11.6 Å².